The second-order valence-corrected chi connectivity index (χ2v) is 16.1. The molecule has 0 spiro atoms. The summed E-state index contributed by atoms with van der Waals surface area (Å²) in [6.45, 7) is 18.1. The van der Waals surface area contributed by atoms with Gasteiger partial charge in [0.1, 0.15) is 18.5 Å². The van der Waals surface area contributed by atoms with Crippen LogP contribution in [0.5, 0.6) is 0 Å². The number of hydrogen-bond acceptors (Lipinski definition) is 7. The predicted molar refractivity (Wildman–Crippen MR) is 126 cm³/mol. The van der Waals surface area contributed by atoms with Crippen LogP contribution in [0.25, 0.3) is 0 Å². The average molecular weight is 474 g/mol. The summed E-state index contributed by atoms with van der Waals surface area (Å²) in [6, 6.07) is 1.02. The molecule has 0 aromatic heterocycles. The molecular weight excluding hydrogens is 430 g/mol. The first-order chi connectivity index (χ1) is 14.8. The van der Waals surface area contributed by atoms with Crippen LogP contribution in [0.15, 0.2) is 12.2 Å². The first-order valence-corrected chi connectivity index (χ1v) is 14.9. The van der Waals surface area contributed by atoms with E-state index in [-0.39, 0.29) is 18.8 Å². The van der Waals surface area contributed by atoms with E-state index < -0.39 is 25.6 Å². The van der Waals surface area contributed by atoms with Gasteiger partial charge in [-0.2, -0.15) is 0 Å². The molecule has 0 radical (unpaired) electrons. The van der Waals surface area contributed by atoms with Crippen molar-refractivity contribution in [2.24, 2.45) is 5.92 Å². The highest BCUT2D eigenvalue weighted by molar-refractivity contribution is 6.76. The number of likely N-dealkylation sites (tertiary alicyclic amines) is 1. The van der Waals surface area contributed by atoms with Crippen LogP contribution in [-0.4, -0.2) is 83.6 Å². The Morgan fingerprint density at radius 1 is 1.25 bits per heavy atom. The van der Waals surface area contributed by atoms with E-state index in [0.717, 1.165) is 11.6 Å². The Morgan fingerprint density at radius 2 is 1.88 bits per heavy atom. The zero-order chi connectivity index (χ0) is 24.6. The van der Waals surface area contributed by atoms with Crippen molar-refractivity contribution in [3.63, 3.8) is 0 Å². The predicted octanol–water partition coefficient (Wildman–Crippen LogP) is 4.08. The monoisotopic (exact) mass is 473 g/mol. The Morgan fingerprint density at radius 3 is 2.34 bits per heavy atom. The standard InChI is InChI=1S/C23H43NO7Si/c1-18-15-24(21(26)31-22(2,3)4)11-10-19(18)14-20(23(16-25,27-5)28-6)30-17-29-12-13-32(7,8)9/h16,19-20H,1,10-15,17H2,2-9H3. The molecule has 1 aliphatic heterocycles. The van der Waals surface area contributed by atoms with E-state index in [4.69, 9.17) is 23.7 Å². The maximum absolute atomic E-state index is 12.4. The molecule has 0 saturated carbocycles. The first-order valence-electron chi connectivity index (χ1n) is 11.2. The Balaban J connectivity index is 2.77. The maximum atomic E-state index is 12.4. The van der Waals surface area contributed by atoms with Gasteiger partial charge >= 0.3 is 6.09 Å². The number of carbonyl (C=O) groups is 2. The topological polar surface area (TPSA) is 83.5 Å². The quantitative estimate of drug-likeness (QED) is 0.139. The molecule has 0 aromatic carbocycles. The fourth-order valence-corrected chi connectivity index (χ4v) is 4.19. The van der Waals surface area contributed by atoms with Crippen LogP contribution in [0.4, 0.5) is 4.79 Å². The number of hydrogen-bond donors (Lipinski definition) is 0. The van der Waals surface area contributed by atoms with Gasteiger partial charge in [-0.05, 0) is 45.6 Å². The lowest BCUT2D eigenvalue weighted by Gasteiger charge is -2.39. The lowest BCUT2D eigenvalue weighted by Crippen LogP contribution is -2.51. The molecule has 0 aliphatic carbocycles. The van der Waals surface area contributed by atoms with Crippen LogP contribution in [0.3, 0.4) is 0 Å². The molecule has 186 valence electrons. The number of ether oxygens (including phenoxy) is 5. The number of amides is 1. The van der Waals surface area contributed by atoms with Crippen LogP contribution >= 0.6 is 0 Å². The van der Waals surface area contributed by atoms with Crippen molar-refractivity contribution < 1.29 is 33.3 Å². The highest BCUT2D eigenvalue weighted by Crippen LogP contribution is 2.32. The summed E-state index contributed by atoms with van der Waals surface area (Å²) < 4.78 is 27.9. The molecule has 1 saturated heterocycles. The number of methoxy groups -OCH3 is 2. The molecule has 2 atom stereocenters. The van der Waals surface area contributed by atoms with Gasteiger partial charge in [-0.1, -0.05) is 31.8 Å². The van der Waals surface area contributed by atoms with E-state index in [1.54, 1.807) is 4.90 Å². The van der Waals surface area contributed by atoms with Crippen LogP contribution < -0.4 is 0 Å². The molecular formula is C23H43NO7Si. The number of carbonyl (C=O) groups excluding carboxylic acids is 2. The van der Waals surface area contributed by atoms with Gasteiger partial charge in [0.15, 0.2) is 6.29 Å². The number of rotatable bonds is 12. The summed E-state index contributed by atoms with van der Waals surface area (Å²) in [7, 11) is 1.63. The number of nitrogens with zero attached hydrogens (tertiary/aromatic N) is 1. The van der Waals surface area contributed by atoms with Crippen molar-refractivity contribution in [1.29, 1.82) is 0 Å². The fraction of sp³-hybridized carbons (Fsp3) is 0.826. The Bertz CT molecular complexity index is 623. The zero-order valence-electron chi connectivity index (χ0n) is 21.2. The van der Waals surface area contributed by atoms with E-state index in [9.17, 15) is 9.59 Å². The molecule has 1 heterocycles. The van der Waals surface area contributed by atoms with Crippen LogP contribution in [-0.2, 0) is 28.5 Å². The van der Waals surface area contributed by atoms with Gasteiger partial charge in [0.2, 0.25) is 0 Å². The van der Waals surface area contributed by atoms with E-state index in [2.05, 4.69) is 26.2 Å². The van der Waals surface area contributed by atoms with Crippen molar-refractivity contribution in [3.05, 3.63) is 12.2 Å². The first kappa shape index (κ1) is 28.8. The molecule has 8 nitrogen and oxygen atoms in total. The Kier molecular flexibility index (Phi) is 11.0. The Labute approximate surface area is 194 Å². The van der Waals surface area contributed by atoms with E-state index in [0.29, 0.717) is 38.8 Å². The van der Waals surface area contributed by atoms with Gasteiger partial charge in [0.05, 0.1) is 0 Å². The third kappa shape index (κ3) is 9.31. The minimum absolute atomic E-state index is 0.0327. The van der Waals surface area contributed by atoms with Gasteiger partial charge in [-0.25, -0.2) is 4.79 Å². The van der Waals surface area contributed by atoms with Gasteiger partial charge < -0.3 is 28.6 Å². The Hall–Kier alpha value is -1.26. The van der Waals surface area contributed by atoms with Gasteiger partial charge in [0.25, 0.3) is 5.79 Å². The summed E-state index contributed by atoms with van der Waals surface area (Å²) in [5.74, 6) is -1.50. The highest BCUT2D eigenvalue weighted by Gasteiger charge is 2.43. The summed E-state index contributed by atoms with van der Waals surface area (Å²) >= 11 is 0. The third-order valence-corrected chi connectivity index (χ3v) is 7.17. The molecule has 1 fully saturated rings. The van der Waals surface area contributed by atoms with Crippen molar-refractivity contribution in [2.45, 2.75) is 76.8 Å². The lowest BCUT2D eigenvalue weighted by atomic mass is 9.85. The maximum Gasteiger partial charge on any atom is 0.410 e. The van der Waals surface area contributed by atoms with Crippen molar-refractivity contribution >= 4 is 20.5 Å². The van der Waals surface area contributed by atoms with Gasteiger partial charge in [-0.15, -0.1) is 0 Å². The second kappa shape index (κ2) is 12.3. The summed E-state index contributed by atoms with van der Waals surface area (Å²) in [4.78, 5) is 25.9. The third-order valence-electron chi connectivity index (χ3n) is 5.47. The molecule has 9 heteroatoms. The van der Waals surface area contributed by atoms with Crippen molar-refractivity contribution in [2.75, 3.05) is 40.7 Å². The number of aldehydes is 1. The minimum Gasteiger partial charge on any atom is -0.444 e. The van der Waals surface area contributed by atoms with Gasteiger partial charge in [-0.3, -0.25) is 4.79 Å². The van der Waals surface area contributed by atoms with Crippen molar-refractivity contribution in [3.8, 4) is 0 Å². The molecule has 1 rings (SSSR count). The molecule has 2 unspecified atom stereocenters. The number of piperidine rings is 1. The summed E-state index contributed by atoms with van der Waals surface area (Å²) in [5.41, 5.74) is 0.326. The molecule has 1 amide bonds. The molecule has 32 heavy (non-hydrogen) atoms. The molecule has 0 N–H and O–H groups in total. The van der Waals surface area contributed by atoms with E-state index in [1.807, 2.05) is 20.8 Å². The van der Waals surface area contributed by atoms with Crippen LogP contribution in [0, 0.1) is 5.92 Å². The summed E-state index contributed by atoms with van der Waals surface area (Å²) in [6.07, 6.45) is 0.724. The highest BCUT2D eigenvalue weighted by atomic mass is 28.3. The largest absolute Gasteiger partial charge is 0.444 e. The van der Waals surface area contributed by atoms with Crippen molar-refractivity contribution in [1.82, 2.24) is 4.90 Å². The minimum atomic E-state index is -1.54. The summed E-state index contributed by atoms with van der Waals surface area (Å²) in [5, 5.41) is 0. The van der Waals surface area contributed by atoms with Crippen LogP contribution in [0.1, 0.15) is 33.6 Å². The normalized spacial score (nSPS) is 19.1. The zero-order valence-corrected chi connectivity index (χ0v) is 22.2. The SMILES string of the molecule is C=C1CN(C(=O)OC(C)(C)C)CCC1CC(OCOCC[Si](C)(C)C)C(C=O)(OC)OC. The lowest BCUT2D eigenvalue weighted by molar-refractivity contribution is -0.263. The van der Waals surface area contributed by atoms with E-state index >= 15 is 0 Å². The van der Waals surface area contributed by atoms with Crippen LogP contribution in [0.2, 0.25) is 25.7 Å². The smallest absolute Gasteiger partial charge is 0.410 e. The second-order valence-electron chi connectivity index (χ2n) is 10.5. The molecule has 0 aromatic rings. The fourth-order valence-electron chi connectivity index (χ4n) is 3.43. The molecule has 1 aliphatic rings. The van der Waals surface area contributed by atoms with Gasteiger partial charge in [0, 0.05) is 42.0 Å². The van der Waals surface area contributed by atoms with E-state index in [1.165, 1.54) is 14.2 Å². The average Bonchev–Trinajstić information content (AvgIpc) is 2.68. The molecule has 0 bridgehead atoms.